The molecule has 2 atom stereocenters. The highest BCUT2D eigenvalue weighted by Gasteiger charge is 2.61. The molecule has 0 saturated carbocycles. The van der Waals surface area contributed by atoms with Crippen LogP contribution in [0.1, 0.15) is 23.6 Å². The number of aryl methyl sites for hydroxylation is 1. The SMILES string of the molecule is CC1=C(c2ccccc2)[C@@]2(C(=O)Sc3ccc(C)cc32)N2CSC[C@H]12. The highest BCUT2D eigenvalue weighted by molar-refractivity contribution is 8.14. The normalized spacial score (nSPS) is 28.1. The van der Waals surface area contributed by atoms with E-state index in [1.165, 1.54) is 39.6 Å². The third-order valence-corrected chi connectivity index (χ3v) is 7.72. The summed E-state index contributed by atoms with van der Waals surface area (Å²) in [5, 5.41) is 0.260. The standard InChI is InChI=1S/C21H19NOS2/c1-13-8-9-18-16(10-13)21(20(23)25-18)19(15-6-4-3-5-7-15)14(2)17-11-24-12-22(17)21/h3-10,17H,11-12H2,1-2H3/t17-,21+/m1/s1. The van der Waals surface area contributed by atoms with Crippen molar-refractivity contribution < 1.29 is 4.79 Å². The number of hydrogen-bond donors (Lipinski definition) is 0. The molecule has 25 heavy (non-hydrogen) atoms. The summed E-state index contributed by atoms with van der Waals surface area (Å²) in [5.74, 6) is 1.99. The molecule has 0 N–H and O–H groups in total. The summed E-state index contributed by atoms with van der Waals surface area (Å²) in [4.78, 5) is 17.1. The minimum atomic E-state index is -0.619. The van der Waals surface area contributed by atoms with E-state index in [0.29, 0.717) is 6.04 Å². The Morgan fingerprint density at radius 2 is 1.92 bits per heavy atom. The van der Waals surface area contributed by atoms with Gasteiger partial charge in [0.1, 0.15) is 5.54 Å². The van der Waals surface area contributed by atoms with Gasteiger partial charge in [0.25, 0.3) is 0 Å². The van der Waals surface area contributed by atoms with E-state index >= 15 is 0 Å². The third kappa shape index (κ3) is 1.96. The molecule has 3 heterocycles. The van der Waals surface area contributed by atoms with E-state index in [1.807, 2.05) is 17.8 Å². The first-order valence-corrected chi connectivity index (χ1v) is 10.6. The van der Waals surface area contributed by atoms with Crippen molar-refractivity contribution in [2.75, 3.05) is 11.6 Å². The van der Waals surface area contributed by atoms with E-state index < -0.39 is 5.54 Å². The van der Waals surface area contributed by atoms with Crippen LogP contribution in [-0.4, -0.2) is 27.7 Å². The molecular weight excluding hydrogens is 346 g/mol. The van der Waals surface area contributed by atoms with Crippen LogP contribution in [-0.2, 0) is 10.3 Å². The highest BCUT2D eigenvalue weighted by atomic mass is 32.2. The molecule has 3 aliphatic heterocycles. The molecule has 0 bridgehead atoms. The van der Waals surface area contributed by atoms with Gasteiger partial charge in [0.15, 0.2) is 0 Å². The zero-order chi connectivity index (χ0) is 17.2. The summed E-state index contributed by atoms with van der Waals surface area (Å²) in [6.07, 6.45) is 0. The first-order valence-electron chi connectivity index (χ1n) is 8.58. The van der Waals surface area contributed by atoms with Gasteiger partial charge in [-0.25, -0.2) is 0 Å². The summed E-state index contributed by atoms with van der Waals surface area (Å²) in [6.45, 7) is 4.34. The van der Waals surface area contributed by atoms with Crippen LogP contribution in [0.3, 0.4) is 0 Å². The molecule has 2 aromatic rings. The van der Waals surface area contributed by atoms with E-state index in [-0.39, 0.29) is 5.12 Å². The zero-order valence-corrected chi connectivity index (χ0v) is 15.9. The van der Waals surface area contributed by atoms with Crippen LogP contribution >= 0.6 is 23.5 Å². The van der Waals surface area contributed by atoms with Gasteiger partial charge in [-0.05, 0) is 53.9 Å². The smallest absolute Gasteiger partial charge is 0.223 e. The molecule has 0 aliphatic carbocycles. The maximum Gasteiger partial charge on any atom is 0.223 e. The first kappa shape index (κ1) is 15.7. The summed E-state index contributed by atoms with van der Waals surface area (Å²) in [6, 6.07) is 17.3. The summed E-state index contributed by atoms with van der Waals surface area (Å²) in [7, 11) is 0. The zero-order valence-electron chi connectivity index (χ0n) is 14.3. The molecule has 2 aromatic carbocycles. The van der Waals surface area contributed by atoms with Crippen LogP contribution in [0.5, 0.6) is 0 Å². The Morgan fingerprint density at radius 1 is 1.12 bits per heavy atom. The molecule has 2 nitrogen and oxygen atoms in total. The molecule has 5 rings (SSSR count). The fourth-order valence-corrected chi connectivity index (χ4v) is 7.04. The molecular formula is C21H19NOS2. The largest absolute Gasteiger partial charge is 0.284 e. The van der Waals surface area contributed by atoms with Crippen LogP contribution in [0.15, 0.2) is 59.0 Å². The molecule has 0 radical (unpaired) electrons. The molecule has 126 valence electrons. The summed E-state index contributed by atoms with van der Waals surface area (Å²) < 4.78 is 0. The Morgan fingerprint density at radius 3 is 2.72 bits per heavy atom. The van der Waals surface area contributed by atoms with Crippen molar-refractivity contribution in [3.8, 4) is 0 Å². The predicted molar refractivity (Wildman–Crippen MR) is 106 cm³/mol. The van der Waals surface area contributed by atoms with E-state index in [0.717, 1.165) is 16.5 Å². The first-order chi connectivity index (χ1) is 12.1. The molecule has 3 aliphatic rings. The van der Waals surface area contributed by atoms with Crippen molar-refractivity contribution in [1.29, 1.82) is 0 Å². The maximum absolute atomic E-state index is 13.5. The van der Waals surface area contributed by atoms with Gasteiger partial charge in [0, 0.05) is 22.6 Å². The quantitative estimate of drug-likeness (QED) is 0.730. The number of thioether (sulfide) groups is 2. The average Bonchev–Trinajstić information content (AvgIpc) is 3.26. The number of hydrogen-bond acceptors (Lipinski definition) is 4. The number of fused-ring (bicyclic) bond motifs is 4. The number of rotatable bonds is 1. The Hall–Kier alpha value is -1.49. The van der Waals surface area contributed by atoms with Crippen molar-refractivity contribution in [3.63, 3.8) is 0 Å². The highest BCUT2D eigenvalue weighted by Crippen LogP contribution is 2.61. The second-order valence-electron chi connectivity index (χ2n) is 7.01. The molecule has 0 aromatic heterocycles. The Bertz CT molecular complexity index is 921. The van der Waals surface area contributed by atoms with Gasteiger partial charge in [-0.15, -0.1) is 11.8 Å². The van der Waals surface area contributed by atoms with Crippen LogP contribution in [0.2, 0.25) is 0 Å². The Labute approximate surface area is 156 Å². The van der Waals surface area contributed by atoms with E-state index in [2.05, 4.69) is 61.2 Å². The van der Waals surface area contributed by atoms with Gasteiger partial charge in [-0.1, -0.05) is 48.0 Å². The minimum absolute atomic E-state index is 0.260. The van der Waals surface area contributed by atoms with Crippen LogP contribution < -0.4 is 0 Å². The van der Waals surface area contributed by atoms with Gasteiger partial charge < -0.3 is 0 Å². The lowest BCUT2D eigenvalue weighted by molar-refractivity contribution is -0.118. The molecule has 4 heteroatoms. The summed E-state index contributed by atoms with van der Waals surface area (Å²) >= 11 is 3.36. The van der Waals surface area contributed by atoms with Crippen molar-refractivity contribution in [3.05, 3.63) is 70.8 Å². The maximum atomic E-state index is 13.5. The fourth-order valence-electron chi connectivity index (χ4n) is 4.58. The van der Waals surface area contributed by atoms with Gasteiger partial charge >= 0.3 is 0 Å². The Balaban J connectivity index is 1.85. The van der Waals surface area contributed by atoms with E-state index in [1.54, 1.807) is 0 Å². The topological polar surface area (TPSA) is 20.3 Å². The van der Waals surface area contributed by atoms with E-state index in [4.69, 9.17) is 0 Å². The van der Waals surface area contributed by atoms with Crippen LogP contribution in [0.25, 0.3) is 5.57 Å². The lowest BCUT2D eigenvalue weighted by Gasteiger charge is -2.36. The average molecular weight is 366 g/mol. The van der Waals surface area contributed by atoms with Gasteiger partial charge in [-0.3, -0.25) is 9.69 Å². The van der Waals surface area contributed by atoms with Crippen molar-refractivity contribution in [1.82, 2.24) is 4.90 Å². The minimum Gasteiger partial charge on any atom is -0.284 e. The lowest BCUT2D eigenvalue weighted by atomic mass is 9.79. The summed E-state index contributed by atoms with van der Waals surface area (Å²) in [5.41, 5.74) is 5.55. The number of benzene rings is 2. The molecule has 1 saturated heterocycles. The lowest BCUT2D eigenvalue weighted by Crippen LogP contribution is -2.47. The number of carbonyl (C=O) groups excluding carboxylic acids is 1. The van der Waals surface area contributed by atoms with Gasteiger partial charge in [-0.2, -0.15) is 0 Å². The monoisotopic (exact) mass is 365 g/mol. The van der Waals surface area contributed by atoms with Gasteiger partial charge in [0.2, 0.25) is 5.12 Å². The molecule has 0 amide bonds. The Kier molecular flexibility index (Phi) is 3.46. The number of carbonyl (C=O) groups is 1. The van der Waals surface area contributed by atoms with Crippen molar-refractivity contribution in [2.45, 2.75) is 30.3 Å². The second-order valence-corrected chi connectivity index (χ2v) is 9.02. The van der Waals surface area contributed by atoms with Crippen LogP contribution in [0, 0.1) is 6.92 Å². The molecule has 1 spiro atoms. The fraction of sp³-hybridized carbons (Fsp3) is 0.286. The van der Waals surface area contributed by atoms with E-state index in [9.17, 15) is 4.79 Å². The predicted octanol–water partition coefficient (Wildman–Crippen LogP) is 4.68. The second kappa shape index (κ2) is 5.50. The van der Waals surface area contributed by atoms with Crippen molar-refractivity contribution >= 4 is 34.2 Å². The third-order valence-electron chi connectivity index (χ3n) is 5.65. The van der Waals surface area contributed by atoms with Gasteiger partial charge in [0.05, 0.1) is 0 Å². The van der Waals surface area contributed by atoms with Crippen molar-refractivity contribution in [2.24, 2.45) is 0 Å². The molecule has 1 fully saturated rings. The number of nitrogens with zero attached hydrogens (tertiary/aromatic N) is 1. The van der Waals surface area contributed by atoms with Crippen LogP contribution in [0.4, 0.5) is 0 Å². The molecule has 0 unspecified atom stereocenters.